The van der Waals surface area contributed by atoms with Crippen LogP contribution in [0.3, 0.4) is 0 Å². The quantitative estimate of drug-likeness (QED) is 0.325. The van der Waals surface area contributed by atoms with Crippen molar-refractivity contribution in [2.24, 2.45) is 0 Å². The van der Waals surface area contributed by atoms with E-state index in [0.29, 0.717) is 0 Å². The van der Waals surface area contributed by atoms with E-state index >= 15 is 0 Å². The predicted octanol–water partition coefficient (Wildman–Crippen LogP) is 7.81. The molecule has 0 radical (unpaired) electrons. The van der Waals surface area contributed by atoms with Gasteiger partial charge in [0.25, 0.3) is 0 Å². The first kappa shape index (κ1) is 21.9. The van der Waals surface area contributed by atoms with Crippen molar-refractivity contribution in [1.29, 1.82) is 0 Å². The van der Waals surface area contributed by atoms with E-state index < -0.39 is 7.81 Å². The van der Waals surface area contributed by atoms with Gasteiger partial charge in [-0.3, -0.25) is 0 Å². The summed E-state index contributed by atoms with van der Waals surface area (Å²) >= 11 is 0. The van der Waals surface area contributed by atoms with Gasteiger partial charge in [0.05, 0.1) is 0 Å². The summed E-state index contributed by atoms with van der Waals surface area (Å²) in [7, 11) is -10.7. The van der Waals surface area contributed by atoms with Crippen molar-refractivity contribution in [3.05, 3.63) is 90.5 Å². The Labute approximate surface area is 159 Å². The summed E-state index contributed by atoms with van der Waals surface area (Å²) in [5.74, 6) is 0. The van der Waals surface area contributed by atoms with Gasteiger partial charge in [-0.05, 0) is 36.2 Å². The zero-order valence-corrected chi connectivity index (χ0v) is 15.9. The zero-order valence-electron chi connectivity index (χ0n) is 15.0. The van der Waals surface area contributed by atoms with E-state index in [2.05, 4.69) is 91.9 Å². The fraction of sp³-hybridized carbons (Fsp3) is 0.100. The van der Waals surface area contributed by atoms with Gasteiger partial charge in [-0.25, -0.2) is 4.90 Å². The van der Waals surface area contributed by atoms with E-state index in [1.54, 1.807) is 0 Å². The van der Waals surface area contributed by atoms with Crippen molar-refractivity contribution in [2.45, 2.75) is 13.3 Å². The summed E-state index contributed by atoms with van der Waals surface area (Å²) < 4.78 is 59.2. The zero-order chi connectivity index (χ0) is 20.9. The number of para-hydroxylation sites is 2. The second-order valence-corrected chi connectivity index (χ2v) is 8.03. The summed E-state index contributed by atoms with van der Waals surface area (Å²) in [4.78, 5) is 1.29. The van der Waals surface area contributed by atoms with Crippen molar-refractivity contribution in [3.63, 3.8) is 0 Å². The molecule has 0 atom stereocenters. The minimum absolute atomic E-state index is 1.08. The van der Waals surface area contributed by atoms with Gasteiger partial charge in [0, 0.05) is 12.1 Å². The molecule has 0 aliphatic heterocycles. The van der Waals surface area contributed by atoms with Crippen molar-refractivity contribution in [2.75, 3.05) is 0 Å². The van der Waals surface area contributed by atoms with Crippen molar-refractivity contribution < 1.29 is 30.1 Å². The summed E-state index contributed by atoms with van der Waals surface area (Å²) in [5.41, 5.74) is 5.16. The molecule has 0 aliphatic carbocycles. The van der Waals surface area contributed by atoms with Crippen LogP contribution >= 0.6 is 7.81 Å². The standard InChI is InChI=1S/C20H19N.F6P/c1-2-17-13-15-20(16-14-17)21(18-9-5-3-6-10-18)19-11-7-4-8-12-19;1-7(2,3,4,5)6/h3-16H,2H2,1H3;/q;-1/p+1. The normalized spacial score (nSPS) is 13.9. The first-order valence-corrected chi connectivity index (χ1v) is 10.5. The Morgan fingerprint density at radius 1 is 0.571 bits per heavy atom. The van der Waals surface area contributed by atoms with Crippen LogP contribution in [0.25, 0.3) is 0 Å². The molecule has 0 aromatic heterocycles. The average molecular weight is 419 g/mol. The van der Waals surface area contributed by atoms with Gasteiger partial charge < -0.3 is 0 Å². The Bertz CT molecular complexity index is 828. The first-order chi connectivity index (χ1) is 12.8. The minimum atomic E-state index is -10.7. The van der Waals surface area contributed by atoms with Crippen LogP contribution < -0.4 is 4.90 Å². The molecule has 0 saturated heterocycles. The molecule has 0 spiro atoms. The topological polar surface area (TPSA) is 4.44 Å². The second kappa shape index (κ2) is 7.57. The van der Waals surface area contributed by atoms with Gasteiger partial charge in [-0.1, -0.05) is 55.5 Å². The molecule has 3 aromatic carbocycles. The molecule has 152 valence electrons. The molecule has 0 aliphatic rings. The summed E-state index contributed by atoms with van der Waals surface area (Å²) in [6.07, 6.45) is 1.08. The third-order valence-electron chi connectivity index (χ3n) is 3.78. The number of hydrogen-bond acceptors (Lipinski definition) is 0. The molecule has 28 heavy (non-hydrogen) atoms. The third-order valence-corrected chi connectivity index (χ3v) is 3.78. The third kappa shape index (κ3) is 8.55. The maximum absolute atomic E-state index is 10.7. The van der Waals surface area contributed by atoms with E-state index in [4.69, 9.17) is 0 Å². The Kier molecular flexibility index (Phi) is 5.93. The van der Waals surface area contributed by atoms with E-state index in [9.17, 15) is 25.2 Å². The fourth-order valence-electron chi connectivity index (χ4n) is 2.62. The maximum atomic E-state index is 9.87. The number of rotatable bonds is 4. The molecule has 0 bridgehead atoms. The fourth-order valence-corrected chi connectivity index (χ4v) is 2.62. The molecular weight excluding hydrogens is 399 g/mol. The van der Waals surface area contributed by atoms with Crippen LogP contribution in [-0.4, -0.2) is 0 Å². The molecule has 3 rings (SSSR count). The summed E-state index contributed by atoms with van der Waals surface area (Å²) in [6, 6.07) is 30.1. The first-order valence-electron chi connectivity index (χ1n) is 8.47. The number of quaternary nitrogens is 1. The Morgan fingerprint density at radius 3 is 1.21 bits per heavy atom. The number of hydrogen-bond donors (Lipinski definition) is 1. The average Bonchev–Trinajstić information content (AvgIpc) is 2.62. The Hall–Kier alpha value is -2.37. The molecule has 3 aromatic rings. The van der Waals surface area contributed by atoms with Crippen molar-refractivity contribution in [1.82, 2.24) is 0 Å². The van der Waals surface area contributed by atoms with E-state index in [1.807, 2.05) is 0 Å². The van der Waals surface area contributed by atoms with Gasteiger partial charge in [0.15, 0.2) is 0 Å². The van der Waals surface area contributed by atoms with Crippen LogP contribution in [0, 0.1) is 0 Å². The Balaban J connectivity index is 0.000000345. The number of benzene rings is 3. The molecule has 0 amide bonds. The molecule has 1 nitrogen and oxygen atoms in total. The molecular formula is C20H20F6NP. The van der Waals surface area contributed by atoms with Gasteiger partial charge in [-0.15, -0.1) is 0 Å². The summed E-state index contributed by atoms with van der Waals surface area (Å²) in [5, 5.41) is 0. The molecule has 0 fully saturated rings. The van der Waals surface area contributed by atoms with E-state index in [-0.39, 0.29) is 0 Å². The monoisotopic (exact) mass is 419 g/mol. The molecule has 0 saturated carbocycles. The Morgan fingerprint density at radius 2 is 0.893 bits per heavy atom. The van der Waals surface area contributed by atoms with Gasteiger partial charge >= 0.3 is 33.0 Å². The second-order valence-electron chi connectivity index (χ2n) is 6.12. The molecule has 0 heterocycles. The van der Waals surface area contributed by atoms with Crippen LogP contribution in [0.15, 0.2) is 84.9 Å². The van der Waals surface area contributed by atoms with Crippen LogP contribution in [-0.2, 0) is 6.42 Å². The van der Waals surface area contributed by atoms with E-state index in [0.717, 1.165) is 6.42 Å². The number of nitrogens with one attached hydrogen (secondary N) is 1. The van der Waals surface area contributed by atoms with Crippen LogP contribution in [0.2, 0.25) is 0 Å². The van der Waals surface area contributed by atoms with Crippen molar-refractivity contribution in [3.8, 4) is 0 Å². The molecule has 8 heteroatoms. The van der Waals surface area contributed by atoms with Gasteiger partial charge in [-0.2, -0.15) is 0 Å². The number of aryl methyl sites for hydroxylation is 1. The predicted molar refractivity (Wildman–Crippen MR) is 102 cm³/mol. The molecule has 0 unspecified atom stereocenters. The van der Waals surface area contributed by atoms with Crippen LogP contribution in [0.5, 0.6) is 0 Å². The van der Waals surface area contributed by atoms with Crippen molar-refractivity contribution >= 4 is 24.9 Å². The summed E-state index contributed by atoms with van der Waals surface area (Å²) in [6.45, 7) is 2.19. The van der Waals surface area contributed by atoms with Gasteiger partial charge in [0.1, 0.15) is 17.1 Å². The van der Waals surface area contributed by atoms with Gasteiger partial charge in [0.2, 0.25) is 0 Å². The van der Waals surface area contributed by atoms with Crippen LogP contribution in [0.1, 0.15) is 12.5 Å². The SMILES string of the molecule is CCc1ccc([NH+](c2ccccc2)c2ccccc2)cc1.F[P-](F)(F)(F)(F)F. The molecule has 1 N–H and O–H groups in total. The van der Waals surface area contributed by atoms with Crippen LogP contribution in [0.4, 0.5) is 42.2 Å². The van der Waals surface area contributed by atoms with E-state index in [1.165, 1.54) is 27.5 Å². The number of halogens is 6.